The second-order valence-corrected chi connectivity index (χ2v) is 5.91. The fourth-order valence-corrected chi connectivity index (χ4v) is 2.77. The Labute approximate surface area is 116 Å². The standard InChI is InChI=1S/C18H23N/c1-7-13(3)18(5,6)17-14(4)19-11-15-9-8-12(2)10-16(15)17/h7-11H,1-6H3/b13-7+. The van der Waals surface area contributed by atoms with Gasteiger partial charge in [-0.15, -0.1) is 0 Å². The molecule has 0 amide bonds. The number of hydrogen-bond donors (Lipinski definition) is 0. The Hall–Kier alpha value is -1.63. The van der Waals surface area contributed by atoms with Crippen LogP contribution in [0.2, 0.25) is 0 Å². The zero-order valence-electron chi connectivity index (χ0n) is 12.8. The average molecular weight is 253 g/mol. The number of hydrogen-bond acceptors (Lipinski definition) is 1. The highest BCUT2D eigenvalue weighted by Crippen LogP contribution is 2.37. The van der Waals surface area contributed by atoms with E-state index < -0.39 is 0 Å². The van der Waals surface area contributed by atoms with Crippen molar-refractivity contribution in [2.24, 2.45) is 0 Å². The molecule has 0 saturated heterocycles. The van der Waals surface area contributed by atoms with Crippen LogP contribution in [0.4, 0.5) is 0 Å². The smallest absolute Gasteiger partial charge is 0.0419 e. The van der Waals surface area contributed by atoms with E-state index in [0.29, 0.717) is 0 Å². The molecule has 2 rings (SSSR count). The minimum atomic E-state index is 0.0130. The summed E-state index contributed by atoms with van der Waals surface area (Å²) in [6, 6.07) is 6.60. The van der Waals surface area contributed by atoms with Gasteiger partial charge in [-0.25, -0.2) is 0 Å². The minimum Gasteiger partial charge on any atom is -0.261 e. The zero-order valence-corrected chi connectivity index (χ0v) is 12.8. The summed E-state index contributed by atoms with van der Waals surface area (Å²) in [5, 5.41) is 2.56. The van der Waals surface area contributed by atoms with Gasteiger partial charge in [-0.1, -0.05) is 49.3 Å². The van der Waals surface area contributed by atoms with E-state index in [1.54, 1.807) is 0 Å². The van der Waals surface area contributed by atoms with Crippen LogP contribution >= 0.6 is 0 Å². The molecule has 1 aromatic heterocycles. The molecular weight excluding hydrogens is 230 g/mol. The van der Waals surface area contributed by atoms with E-state index in [9.17, 15) is 0 Å². The lowest BCUT2D eigenvalue weighted by molar-refractivity contribution is 0.620. The first kappa shape index (κ1) is 13.8. The third-order valence-electron chi connectivity index (χ3n) is 4.28. The first-order valence-corrected chi connectivity index (χ1v) is 6.87. The van der Waals surface area contributed by atoms with Crippen LogP contribution in [0, 0.1) is 13.8 Å². The number of aryl methyl sites for hydroxylation is 2. The maximum Gasteiger partial charge on any atom is 0.0419 e. The Morgan fingerprint density at radius 1 is 1.21 bits per heavy atom. The summed E-state index contributed by atoms with van der Waals surface area (Å²) in [6.07, 6.45) is 4.18. The molecule has 19 heavy (non-hydrogen) atoms. The van der Waals surface area contributed by atoms with Gasteiger partial charge in [0.2, 0.25) is 0 Å². The van der Waals surface area contributed by atoms with Crippen molar-refractivity contribution in [1.82, 2.24) is 4.98 Å². The molecular formula is C18H23N. The van der Waals surface area contributed by atoms with Crippen molar-refractivity contribution in [3.63, 3.8) is 0 Å². The largest absolute Gasteiger partial charge is 0.261 e. The molecule has 0 aliphatic heterocycles. The minimum absolute atomic E-state index is 0.0130. The number of benzene rings is 1. The monoisotopic (exact) mass is 253 g/mol. The van der Waals surface area contributed by atoms with E-state index in [1.807, 2.05) is 6.20 Å². The van der Waals surface area contributed by atoms with Gasteiger partial charge >= 0.3 is 0 Å². The number of fused-ring (bicyclic) bond motifs is 1. The third kappa shape index (κ3) is 2.30. The number of pyridine rings is 1. The molecule has 2 aromatic rings. The lowest BCUT2D eigenvalue weighted by atomic mass is 9.75. The van der Waals surface area contributed by atoms with Gasteiger partial charge < -0.3 is 0 Å². The van der Waals surface area contributed by atoms with Crippen LogP contribution < -0.4 is 0 Å². The molecule has 0 spiro atoms. The topological polar surface area (TPSA) is 12.9 Å². The number of nitrogens with zero attached hydrogens (tertiary/aromatic N) is 1. The van der Waals surface area contributed by atoms with Gasteiger partial charge in [0, 0.05) is 22.7 Å². The van der Waals surface area contributed by atoms with Crippen LogP contribution in [0.1, 0.15) is 44.5 Å². The maximum absolute atomic E-state index is 4.59. The van der Waals surface area contributed by atoms with Crippen LogP contribution in [0.15, 0.2) is 36.0 Å². The van der Waals surface area contributed by atoms with Crippen molar-refractivity contribution in [2.45, 2.75) is 47.0 Å². The third-order valence-corrected chi connectivity index (χ3v) is 4.28. The summed E-state index contributed by atoms with van der Waals surface area (Å²) in [5.74, 6) is 0. The van der Waals surface area contributed by atoms with E-state index >= 15 is 0 Å². The van der Waals surface area contributed by atoms with E-state index in [4.69, 9.17) is 0 Å². The van der Waals surface area contributed by atoms with Crippen LogP contribution in [-0.4, -0.2) is 4.98 Å². The molecule has 0 atom stereocenters. The Kier molecular flexibility index (Phi) is 3.49. The summed E-state index contributed by atoms with van der Waals surface area (Å²) in [7, 11) is 0. The number of aromatic nitrogens is 1. The molecule has 1 heteroatoms. The van der Waals surface area contributed by atoms with Gasteiger partial charge in [-0.2, -0.15) is 0 Å². The van der Waals surface area contributed by atoms with Gasteiger partial charge in [0.15, 0.2) is 0 Å². The van der Waals surface area contributed by atoms with Crippen LogP contribution in [0.25, 0.3) is 10.8 Å². The summed E-state index contributed by atoms with van der Waals surface area (Å²) < 4.78 is 0. The van der Waals surface area contributed by atoms with E-state index in [2.05, 4.69) is 70.8 Å². The molecule has 1 nitrogen and oxygen atoms in total. The normalized spacial score (nSPS) is 13.1. The molecule has 0 N–H and O–H groups in total. The van der Waals surface area contributed by atoms with Gasteiger partial charge in [0.05, 0.1) is 0 Å². The highest BCUT2D eigenvalue weighted by atomic mass is 14.7. The highest BCUT2D eigenvalue weighted by molar-refractivity contribution is 5.87. The SMILES string of the molecule is C/C=C(\C)C(C)(C)c1c(C)ncc2ccc(C)cc12. The van der Waals surface area contributed by atoms with E-state index in [1.165, 1.54) is 27.5 Å². The van der Waals surface area contributed by atoms with Crippen molar-refractivity contribution in [3.8, 4) is 0 Å². The summed E-state index contributed by atoms with van der Waals surface area (Å²) in [4.78, 5) is 4.59. The predicted molar refractivity (Wildman–Crippen MR) is 83.7 cm³/mol. The second kappa shape index (κ2) is 4.80. The van der Waals surface area contributed by atoms with Gasteiger partial charge in [-0.3, -0.25) is 4.98 Å². The van der Waals surface area contributed by atoms with Crippen LogP contribution in [0.5, 0.6) is 0 Å². The second-order valence-electron chi connectivity index (χ2n) is 5.91. The van der Waals surface area contributed by atoms with Gasteiger partial charge in [0.1, 0.15) is 0 Å². The van der Waals surface area contributed by atoms with Crippen molar-refractivity contribution in [1.29, 1.82) is 0 Å². The van der Waals surface area contributed by atoms with Crippen molar-refractivity contribution >= 4 is 10.8 Å². The highest BCUT2D eigenvalue weighted by Gasteiger charge is 2.26. The molecule has 0 aliphatic rings. The first-order chi connectivity index (χ1) is 8.87. The molecule has 0 saturated carbocycles. The average Bonchev–Trinajstić information content (AvgIpc) is 2.36. The Morgan fingerprint density at radius 3 is 2.53 bits per heavy atom. The Morgan fingerprint density at radius 2 is 1.89 bits per heavy atom. The molecule has 1 heterocycles. The summed E-state index contributed by atoms with van der Waals surface area (Å²) in [6.45, 7) is 13.1. The van der Waals surface area contributed by atoms with Crippen molar-refractivity contribution < 1.29 is 0 Å². The Bertz CT molecular complexity index is 643. The Balaban J connectivity index is 2.85. The van der Waals surface area contributed by atoms with Crippen LogP contribution in [-0.2, 0) is 5.41 Å². The number of allylic oxidation sites excluding steroid dienone is 2. The molecule has 0 radical (unpaired) electrons. The van der Waals surface area contributed by atoms with Gasteiger partial charge in [-0.05, 0) is 38.6 Å². The molecule has 100 valence electrons. The van der Waals surface area contributed by atoms with Crippen molar-refractivity contribution in [3.05, 3.63) is 52.9 Å². The summed E-state index contributed by atoms with van der Waals surface area (Å²) in [5.41, 5.74) is 5.17. The lowest BCUT2D eigenvalue weighted by Crippen LogP contribution is -2.21. The molecule has 0 aliphatic carbocycles. The summed E-state index contributed by atoms with van der Waals surface area (Å²) >= 11 is 0. The van der Waals surface area contributed by atoms with E-state index in [-0.39, 0.29) is 5.41 Å². The van der Waals surface area contributed by atoms with E-state index in [0.717, 1.165) is 5.69 Å². The zero-order chi connectivity index (χ0) is 14.2. The fourth-order valence-electron chi connectivity index (χ4n) is 2.77. The molecule has 1 aromatic carbocycles. The van der Waals surface area contributed by atoms with Crippen molar-refractivity contribution in [2.75, 3.05) is 0 Å². The molecule has 0 bridgehead atoms. The van der Waals surface area contributed by atoms with Gasteiger partial charge in [0.25, 0.3) is 0 Å². The molecule has 0 unspecified atom stereocenters. The predicted octanol–water partition coefficient (Wildman–Crippen LogP) is 5.10. The lowest BCUT2D eigenvalue weighted by Gasteiger charge is -2.29. The van der Waals surface area contributed by atoms with Crippen LogP contribution in [0.3, 0.4) is 0 Å². The number of rotatable bonds is 2. The molecule has 0 fully saturated rings. The first-order valence-electron chi connectivity index (χ1n) is 6.87. The fraction of sp³-hybridized carbons (Fsp3) is 0.389. The maximum atomic E-state index is 4.59. The quantitative estimate of drug-likeness (QED) is 0.679.